The molecule has 8 N–H and O–H groups in total. The molecule has 57 heavy (non-hydrogen) atoms. The van der Waals surface area contributed by atoms with E-state index in [1.165, 1.54) is 77.0 Å². The minimum atomic E-state index is 0. The van der Waals surface area contributed by atoms with Crippen LogP contribution in [0.4, 0.5) is 0 Å². The summed E-state index contributed by atoms with van der Waals surface area (Å²) in [6, 6.07) is 0. The van der Waals surface area contributed by atoms with Crippen molar-refractivity contribution in [3.63, 3.8) is 0 Å². The van der Waals surface area contributed by atoms with Crippen LogP contribution < -0.4 is 42.5 Å². The molecule has 1 radical (unpaired) electrons. The van der Waals surface area contributed by atoms with E-state index >= 15 is 0 Å². The average Bonchev–Trinajstić information content (AvgIpc) is 3.84. The summed E-state index contributed by atoms with van der Waals surface area (Å²) in [5, 5.41) is 35.2. The van der Waals surface area contributed by atoms with Crippen molar-refractivity contribution in [1.82, 2.24) is 42.5 Å². The van der Waals surface area contributed by atoms with Gasteiger partial charge in [-0.25, -0.2) is 0 Å². The molecule has 0 aromatic rings. The fourth-order valence-corrected chi connectivity index (χ4v) is 15.2. The van der Waals surface area contributed by atoms with Crippen LogP contribution in [0.15, 0.2) is 0 Å². The molecule has 9 heteroatoms. The van der Waals surface area contributed by atoms with E-state index in [2.05, 4.69) is 126 Å². The number of hydrogen-bond acceptors (Lipinski definition) is 8. The maximum absolute atomic E-state index is 4.45. The molecule has 8 bridgehead atoms. The van der Waals surface area contributed by atoms with Crippen molar-refractivity contribution in [2.45, 2.75) is 209 Å². The Bertz CT molecular complexity index is 1400. The zero-order valence-electron chi connectivity index (χ0n) is 38.3. The monoisotopic (exact) mass is 840 g/mol. The maximum atomic E-state index is 4.45. The van der Waals surface area contributed by atoms with Crippen LogP contribution in [-0.2, 0) is 17.1 Å². The van der Waals surface area contributed by atoms with Crippen molar-refractivity contribution in [2.24, 2.45) is 92.7 Å². The van der Waals surface area contributed by atoms with Crippen LogP contribution in [0, 0.1) is 92.7 Å². The zero-order valence-corrected chi connectivity index (χ0v) is 39.3. The summed E-state index contributed by atoms with van der Waals surface area (Å²) in [6.07, 6.45) is 18.8. The summed E-state index contributed by atoms with van der Waals surface area (Å²) in [5.74, 6) is 8.35. The molecule has 9 rings (SSSR count). The molecule has 0 aromatic carbocycles. The van der Waals surface area contributed by atoms with E-state index in [4.69, 9.17) is 0 Å². The van der Waals surface area contributed by atoms with E-state index in [1.54, 1.807) is 0 Å². The second kappa shape index (κ2) is 15.8. The van der Waals surface area contributed by atoms with E-state index in [1.807, 2.05) is 0 Å². The van der Waals surface area contributed by atoms with Crippen molar-refractivity contribution in [2.75, 3.05) is 0 Å². The predicted octanol–water partition coefficient (Wildman–Crippen LogP) is 7.69. The first-order chi connectivity index (χ1) is 26.2. The van der Waals surface area contributed by atoms with Gasteiger partial charge in [-0.3, -0.25) is 42.5 Å². The topological polar surface area (TPSA) is 96.2 Å². The zero-order chi connectivity index (χ0) is 39.7. The van der Waals surface area contributed by atoms with Crippen LogP contribution in [0.2, 0.25) is 0 Å². The second-order valence-electron chi connectivity index (χ2n) is 26.0. The summed E-state index contributed by atoms with van der Waals surface area (Å²) < 4.78 is 0. The van der Waals surface area contributed by atoms with Gasteiger partial charge in [0.2, 0.25) is 0 Å². The molecule has 20 unspecified atom stereocenters. The van der Waals surface area contributed by atoms with Gasteiger partial charge in [0.1, 0.15) is 0 Å². The van der Waals surface area contributed by atoms with Crippen molar-refractivity contribution in [3.05, 3.63) is 0 Å². The van der Waals surface area contributed by atoms with Crippen LogP contribution in [0.5, 0.6) is 0 Å². The smallest absolute Gasteiger partial charge is 0.0628 e. The molecule has 5 saturated heterocycles. The van der Waals surface area contributed by atoms with Crippen molar-refractivity contribution in [1.29, 1.82) is 0 Å². The van der Waals surface area contributed by atoms with Gasteiger partial charge in [0.15, 0.2) is 0 Å². The standard InChI is InChI=1S/C48H88N8.Cu/c1-45(2,3)25-13-17-29-33(21-25)41-50-37(29)49-38-30-18-14-27(47(7,8)9)23-35(30)43(51-38)56-44-36-24-28(48(10,11)12)16-20-32(36)40(55-44)54-42-34-22-26(46(4,5)6)15-19-31(34)39(52-41)53-42;/h25-44,49-56H,13-24H2,1-12H3;. The fourth-order valence-electron chi connectivity index (χ4n) is 15.2. The Morgan fingerprint density at radius 3 is 0.561 bits per heavy atom. The molecule has 9 aliphatic rings. The Balaban J connectivity index is 0.00000455. The van der Waals surface area contributed by atoms with Gasteiger partial charge in [-0.1, -0.05) is 83.1 Å². The Morgan fingerprint density at radius 2 is 0.404 bits per heavy atom. The minimum Gasteiger partial charge on any atom is -0.286 e. The molecule has 5 heterocycles. The third-order valence-corrected chi connectivity index (χ3v) is 19.0. The summed E-state index contributed by atoms with van der Waals surface area (Å²) >= 11 is 0. The third-order valence-electron chi connectivity index (χ3n) is 19.0. The molecular weight excluding hydrogens is 752 g/mol. The molecule has 0 spiro atoms. The number of hydrogen-bond donors (Lipinski definition) is 8. The molecule has 4 saturated carbocycles. The summed E-state index contributed by atoms with van der Waals surface area (Å²) in [7, 11) is 0. The molecule has 8 nitrogen and oxygen atoms in total. The summed E-state index contributed by atoms with van der Waals surface area (Å²) in [5.41, 5.74) is 1.41. The first-order valence-electron chi connectivity index (χ1n) is 24.3. The Labute approximate surface area is 360 Å². The number of rotatable bonds is 0. The van der Waals surface area contributed by atoms with E-state index in [0.29, 0.717) is 118 Å². The van der Waals surface area contributed by atoms with E-state index in [0.717, 1.165) is 23.7 Å². The summed E-state index contributed by atoms with van der Waals surface area (Å²) in [4.78, 5) is 0. The minimum absolute atomic E-state index is 0. The molecule has 5 aliphatic heterocycles. The SMILES string of the molecule is CC(C)(C)C1CCC2C3NC4NC(NC5NC(NC6NC(NC(N3)C2C1)C1CCC(C(C)(C)C)CC61)C1CCC(C(C)(C)C)CC51)C1CC(C(C)(C)C)CCC41.[Cu]. The largest absolute Gasteiger partial charge is 0.286 e. The Kier molecular flexibility index (Phi) is 12.1. The normalized spacial score (nSPS) is 50.3. The molecule has 0 aromatic heterocycles. The molecule has 331 valence electrons. The van der Waals surface area contributed by atoms with Crippen molar-refractivity contribution in [3.8, 4) is 0 Å². The Morgan fingerprint density at radius 1 is 0.246 bits per heavy atom. The second-order valence-corrected chi connectivity index (χ2v) is 26.0. The van der Waals surface area contributed by atoms with Gasteiger partial charge in [0.25, 0.3) is 0 Å². The first kappa shape index (κ1) is 43.8. The van der Waals surface area contributed by atoms with E-state index < -0.39 is 0 Å². The molecule has 4 aliphatic carbocycles. The molecule has 9 fully saturated rings. The average molecular weight is 841 g/mol. The van der Waals surface area contributed by atoms with Gasteiger partial charge in [0.05, 0.1) is 49.3 Å². The van der Waals surface area contributed by atoms with Crippen molar-refractivity contribution < 1.29 is 17.1 Å². The quantitative estimate of drug-likeness (QED) is 0.118. The number of fused-ring (bicyclic) bond motifs is 20. The predicted molar refractivity (Wildman–Crippen MR) is 230 cm³/mol. The van der Waals surface area contributed by atoms with Gasteiger partial charge < -0.3 is 0 Å². The van der Waals surface area contributed by atoms with Crippen LogP contribution in [0.1, 0.15) is 160 Å². The van der Waals surface area contributed by atoms with Gasteiger partial charge in [-0.05, 0) is 170 Å². The van der Waals surface area contributed by atoms with Crippen LogP contribution in [0.25, 0.3) is 0 Å². The Hall–Kier alpha value is 0.199. The summed E-state index contributed by atoms with van der Waals surface area (Å²) in [6.45, 7) is 30.0. The van der Waals surface area contributed by atoms with Gasteiger partial charge >= 0.3 is 0 Å². The molecule has 0 amide bonds. The van der Waals surface area contributed by atoms with E-state index in [-0.39, 0.29) is 17.1 Å². The van der Waals surface area contributed by atoms with Gasteiger partial charge in [-0.15, -0.1) is 0 Å². The van der Waals surface area contributed by atoms with Crippen molar-refractivity contribution >= 4 is 0 Å². The van der Waals surface area contributed by atoms with Crippen LogP contribution in [-0.4, -0.2) is 49.3 Å². The first-order valence-corrected chi connectivity index (χ1v) is 24.3. The van der Waals surface area contributed by atoms with Gasteiger partial charge in [0, 0.05) is 17.1 Å². The molecular formula is C48H88CuN8. The number of nitrogens with one attached hydrogen (secondary N) is 8. The van der Waals surface area contributed by atoms with Crippen LogP contribution >= 0.6 is 0 Å². The van der Waals surface area contributed by atoms with Crippen LogP contribution in [0.3, 0.4) is 0 Å². The van der Waals surface area contributed by atoms with E-state index in [9.17, 15) is 0 Å². The third kappa shape index (κ3) is 8.40. The van der Waals surface area contributed by atoms with Gasteiger partial charge in [-0.2, -0.15) is 0 Å². The maximum Gasteiger partial charge on any atom is 0.0628 e. The fraction of sp³-hybridized carbons (Fsp3) is 1.00. The molecule has 20 atom stereocenters.